The first kappa shape index (κ1) is 34.4. The van der Waals surface area contributed by atoms with E-state index in [0.29, 0.717) is 30.9 Å². The smallest absolute Gasteiger partial charge is 0.276 e. The first-order valence-electron chi connectivity index (χ1n) is 12.1. The quantitative estimate of drug-likeness (QED) is 0.195. The minimum absolute atomic E-state index is 0.146. The standard InChI is InChI=1S/C18H13BrCl3N5O2.C9H10Cl2N2O/c1-23-17(28)10-6-9(20)7-12(22)15(10)26(2)18(29)13-8-14(19)25-27(13)16-11(21)4-3-5-24-16;1-12-8-6(9(14)13-2)3-5(10)4-7(8)11/h3-8H,1-2H3,(H,23,28);3-4,12H,1-2H3,(H,13,14). The number of amides is 3. The molecule has 0 atom stereocenters. The highest BCUT2D eigenvalue weighted by atomic mass is 79.9. The fourth-order valence-corrected chi connectivity index (χ4v) is 5.61. The maximum absolute atomic E-state index is 13.3. The number of hydrogen-bond donors (Lipinski definition) is 3. The van der Waals surface area contributed by atoms with E-state index in [0.717, 1.165) is 0 Å². The van der Waals surface area contributed by atoms with Gasteiger partial charge in [-0.3, -0.25) is 14.4 Å². The maximum Gasteiger partial charge on any atom is 0.276 e. The van der Waals surface area contributed by atoms with Crippen molar-refractivity contribution in [3.8, 4) is 5.82 Å². The molecule has 0 bridgehead atoms. The number of pyridine rings is 1. The largest absolute Gasteiger partial charge is 0.386 e. The molecule has 0 aliphatic rings. The second-order valence-corrected chi connectivity index (χ2v) is 11.3. The van der Waals surface area contributed by atoms with Gasteiger partial charge in [-0.15, -0.1) is 0 Å². The molecule has 2 heterocycles. The lowest BCUT2D eigenvalue weighted by molar-refractivity contribution is 0.0954. The molecule has 43 heavy (non-hydrogen) atoms. The molecule has 0 radical (unpaired) electrons. The van der Waals surface area contributed by atoms with Crippen LogP contribution in [0.15, 0.2) is 53.3 Å². The van der Waals surface area contributed by atoms with E-state index in [1.54, 1.807) is 38.4 Å². The van der Waals surface area contributed by atoms with E-state index < -0.39 is 11.8 Å². The van der Waals surface area contributed by atoms with Crippen LogP contribution in [0, 0.1) is 0 Å². The van der Waals surface area contributed by atoms with Gasteiger partial charge in [0.05, 0.1) is 37.6 Å². The molecule has 0 aliphatic heterocycles. The number of rotatable bonds is 6. The van der Waals surface area contributed by atoms with Gasteiger partial charge in [-0.2, -0.15) is 5.10 Å². The zero-order chi connectivity index (χ0) is 32.0. The van der Waals surface area contributed by atoms with Crippen molar-refractivity contribution < 1.29 is 14.4 Å². The van der Waals surface area contributed by atoms with Crippen LogP contribution in [-0.2, 0) is 0 Å². The lowest BCUT2D eigenvalue weighted by atomic mass is 10.1. The van der Waals surface area contributed by atoms with Crippen LogP contribution >= 0.6 is 73.9 Å². The van der Waals surface area contributed by atoms with Crippen molar-refractivity contribution in [2.24, 2.45) is 0 Å². The predicted octanol–water partition coefficient (Wildman–Crippen LogP) is 7.02. The number of benzene rings is 2. The van der Waals surface area contributed by atoms with Gasteiger partial charge in [0.1, 0.15) is 10.3 Å². The summed E-state index contributed by atoms with van der Waals surface area (Å²) in [4.78, 5) is 42.5. The van der Waals surface area contributed by atoms with Crippen LogP contribution in [0.25, 0.3) is 5.82 Å². The van der Waals surface area contributed by atoms with E-state index in [2.05, 4.69) is 42.0 Å². The summed E-state index contributed by atoms with van der Waals surface area (Å²) in [5.74, 6) is -0.866. The second kappa shape index (κ2) is 15.1. The SMILES string of the molecule is CNC(=O)c1cc(Cl)cc(Cl)c1N(C)C(=O)c1cc(Br)nn1-c1ncccc1Cl.CNC(=O)c1cc(Cl)cc(Cl)c1NC. The third kappa shape index (κ3) is 7.91. The number of carbonyl (C=O) groups excluding carboxylic acids is 3. The molecule has 0 fully saturated rings. The van der Waals surface area contributed by atoms with Crippen LogP contribution in [0.4, 0.5) is 11.4 Å². The average Bonchev–Trinajstić information content (AvgIpc) is 3.36. The van der Waals surface area contributed by atoms with Crippen molar-refractivity contribution in [1.82, 2.24) is 25.4 Å². The average molecular weight is 751 g/mol. The maximum atomic E-state index is 13.3. The summed E-state index contributed by atoms with van der Waals surface area (Å²) in [7, 11) is 6.21. The van der Waals surface area contributed by atoms with E-state index in [-0.39, 0.29) is 38.7 Å². The third-order valence-electron chi connectivity index (χ3n) is 5.75. The Hall–Kier alpha value is -3.06. The van der Waals surface area contributed by atoms with Crippen LogP contribution in [0.3, 0.4) is 0 Å². The van der Waals surface area contributed by atoms with Crippen molar-refractivity contribution in [1.29, 1.82) is 0 Å². The van der Waals surface area contributed by atoms with Gasteiger partial charge < -0.3 is 20.9 Å². The normalized spacial score (nSPS) is 10.4. The summed E-state index contributed by atoms with van der Waals surface area (Å²) in [5.41, 5.74) is 1.54. The number of halogens is 6. The van der Waals surface area contributed by atoms with Gasteiger partial charge in [0, 0.05) is 50.5 Å². The Kier molecular flexibility index (Phi) is 12.1. The van der Waals surface area contributed by atoms with Crippen molar-refractivity contribution in [2.45, 2.75) is 0 Å². The van der Waals surface area contributed by atoms with Crippen molar-refractivity contribution in [3.63, 3.8) is 0 Å². The van der Waals surface area contributed by atoms with Crippen LogP contribution in [0.1, 0.15) is 31.2 Å². The molecule has 2 aromatic carbocycles. The zero-order valence-electron chi connectivity index (χ0n) is 22.9. The summed E-state index contributed by atoms with van der Waals surface area (Å²) in [6.07, 6.45) is 1.54. The molecule has 226 valence electrons. The highest BCUT2D eigenvalue weighted by Crippen LogP contribution is 2.34. The monoisotopic (exact) mass is 747 g/mol. The molecule has 3 amide bonds. The number of carbonyl (C=O) groups is 3. The van der Waals surface area contributed by atoms with Gasteiger partial charge in [0.15, 0.2) is 5.82 Å². The summed E-state index contributed by atoms with van der Waals surface area (Å²) in [6.45, 7) is 0. The molecule has 2 aromatic heterocycles. The van der Waals surface area contributed by atoms with E-state index >= 15 is 0 Å². The van der Waals surface area contributed by atoms with Gasteiger partial charge in [-0.25, -0.2) is 9.67 Å². The number of aromatic nitrogens is 3. The Labute approximate surface area is 280 Å². The summed E-state index contributed by atoms with van der Waals surface area (Å²) in [6, 6.07) is 10.9. The molecule has 0 aliphatic carbocycles. The Morgan fingerprint density at radius 2 is 1.42 bits per heavy atom. The Balaban J connectivity index is 0.000000303. The molecule has 10 nitrogen and oxygen atoms in total. The molecule has 4 rings (SSSR count). The molecule has 4 aromatic rings. The van der Waals surface area contributed by atoms with Gasteiger partial charge in [-0.05, 0) is 52.3 Å². The van der Waals surface area contributed by atoms with Crippen molar-refractivity contribution in [3.05, 3.63) is 95.2 Å². The predicted molar refractivity (Wildman–Crippen MR) is 176 cm³/mol. The molecule has 0 unspecified atom stereocenters. The van der Waals surface area contributed by atoms with Crippen LogP contribution in [0.2, 0.25) is 25.1 Å². The first-order valence-corrected chi connectivity index (χ1v) is 14.8. The molecule has 3 N–H and O–H groups in total. The zero-order valence-corrected chi connectivity index (χ0v) is 28.3. The number of nitrogens with one attached hydrogen (secondary N) is 3. The lowest BCUT2D eigenvalue weighted by Crippen LogP contribution is -2.31. The van der Waals surface area contributed by atoms with Gasteiger partial charge in [0.2, 0.25) is 0 Å². The molecule has 0 spiro atoms. The summed E-state index contributed by atoms with van der Waals surface area (Å²) in [5, 5.41) is 13.7. The summed E-state index contributed by atoms with van der Waals surface area (Å²) < 4.78 is 1.72. The fourth-order valence-electron chi connectivity index (χ4n) is 3.83. The Bertz CT molecular complexity index is 1700. The van der Waals surface area contributed by atoms with Crippen LogP contribution < -0.4 is 20.9 Å². The molecule has 0 saturated carbocycles. The Morgan fingerprint density at radius 3 is 2.00 bits per heavy atom. The van der Waals surface area contributed by atoms with Gasteiger partial charge in [0.25, 0.3) is 17.7 Å². The van der Waals surface area contributed by atoms with Gasteiger partial charge >= 0.3 is 0 Å². The molecular formula is C27H23BrCl5N7O3. The molecule has 16 heteroatoms. The van der Waals surface area contributed by atoms with Crippen molar-refractivity contribution in [2.75, 3.05) is 38.4 Å². The fraction of sp³-hybridized carbons (Fsp3) is 0.148. The third-order valence-corrected chi connectivity index (χ3v) is 7.46. The second-order valence-electron chi connectivity index (χ2n) is 8.44. The van der Waals surface area contributed by atoms with E-state index in [1.807, 2.05) is 0 Å². The highest BCUT2D eigenvalue weighted by Gasteiger charge is 2.27. The van der Waals surface area contributed by atoms with Crippen LogP contribution in [-0.4, -0.2) is 60.7 Å². The topological polar surface area (TPSA) is 121 Å². The minimum atomic E-state index is -0.487. The number of hydrogen-bond acceptors (Lipinski definition) is 6. The van der Waals surface area contributed by atoms with E-state index in [9.17, 15) is 14.4 Å². The number of nitrogens with zero attached hydrogens (tertiary/aromatic N) is 4. The van der Waals surface area contributed by atoms with Crippen molar-refractivity contribution >= 4 is 103 Å². The molecule has 0 saturated heterocycles. The van der Waals surface area contributed by atoms with E-state index in [1.165, 1.54) is 48.1 Å². The summed E-state index contributed by atoms with van der Waals surface area (Å²) >= 11 is 33.5. The first-order chi connectivity index (χ1) is 20.3. The number of anilines is 2. The Morgan fingerprint density at radius 1 is 0.837 bits per heavy atom. The van der Waals surface area contributed by atoms with Gasteiger partial charge in [-0.1, -0.05) is 58.0 Å². The molecular weight excluding hydrogens is 728 g/mol. The minimum Gasteiger partial charge on any atom is -0.386 e. The van der Waals surface area contributed by atoms with Crippen LogP contribution in [0.5, 0.6) is 0 Å². The van der Waals surface area contributed by atoms with E-state index in [4.69, 9.17) is 58.0 Å². The highest BCUT2D eigenvalue weighted by molar-refractivity contribution is 9.10. The lowest BCUT2D eigenvalue weighted by Gasteiger charge is -2.22.